The normalized spacial score (nSPS) is 13.9. The Morgan fingerprint density at radius 2 is 1.63 bits per heavy atom. The predicted octanol–water partition coefficient (Wildman–Crippen LogP) is 3.61. The number of carbonyl (C=O) groups is 1. The first kappa shape index (κ1) is 23.1. The molecule has 1 aliphatic heterocycles. The minimum Gasteiger partial charge on any atom is -0.497 e. The number of halogens is 2. The van der Waals surface area contributed by atoms with Crippen molar-refractivity contribution >= 4 is 42.1 Å². The van der Waals surface area contributed by atoms with Crippen LogP contribution in [0.3, 0.4) is 0 Å². The summed E-state index contributed by atoms with van der Waals surface area (Å²) in [5.41, 5.74) is 3.18. The number of benzene rings is 2. The van der Waals surface area contributed by atoms with E-state index in [1.165, 1.54) is 5.69 Å². The highest BCUT2D eigenvalue weighted by molar-refractivity contribution is 5.92. The number of hydrogen-bond acceptors (Lipinski definition) is 4. The van der Waals surface area contributed by atoms with Crippen LogP contribution in [0.15, 0.2) is 48.5 Å². The molecule has 2 aromatic carbocycles. The minimum absolute atomic E-state index is 0. The SMILES string of the molecule is COc1ccc(N2CCN(CC(=O)Nc3ccccc3C)CC2)cc1.Cl.Cl. The third-order valence-corrected chi connectivity index (χ3v) is 4.60. The molecule has 0 unspecified atom stereocenters. The van der Waals surface area contributed by atoms with E-state index in [1.807, 2.05) is 43.3 Å². The van der Waals surface area contributed by atoms with Gasteiger partial charge in [-0.3, -0.25) is 9.69 Å². The van der Waals surface area contributed by atoms with E-state index in [1.54, 1.807) is 7.11 Å². The van der Waals surface area contributed by atoms with Gasteiger partial charge in [0.15, 0.2) is 0 Å². The van der Waals surface area contributed by atoms with Crippen LogP contribution < -0.4 is 15.0 Å². The smallest absolute Gasteiger partial charge is 0.238 e. The van der Waals surface area contributed by atoms with E-state index in [-0.39, 0.29) is 30.7 Å². The molecule has 0 atom stereocenters. The maximum Gasteiger partial charge on any atom is 0.238 e. The molecular formula is C20H27Cl2N3O2. The second kappa shape index (κ2) is 11.0. The maximum absolute atomic E-state index is 12.3. The molecule has 0 aliphatic carbocycles. The summed E-state index contributed by atoms with van der Waals surface area (Å²) < 4.78 is 5.20. The second-order valence-corrected chi connectivity index (χ2v) is 6.32. The monoisotopic (exact) mass is 411 g/mol. The number of nitrogens with zero attached hydrogens (tertiary/aromatic N) is 2. The van der Waals surface area contributed by atoms with Crippen LogP contribution in [-0.2, 0) is 4.79 Å². The van der Waals surface area contributed by atoms with E-state index in [2.05, 4.69) is 27.2 Å². The first-order valence-corrected chi connectivity index (χ1v) is 8.62. The molecule has 1 N–H and O–H groups in total. The van der Waals surface area contributed by atoms with Gasteiger partial charge in [-0.15, -0.1) is 24.8 Å². The molecule has 0 spiro atoms. The molecule has 7 heteroatoms. The lowest BCUT2D eigenvalue weighted by atomic mass is 10.2. The van der Waals surface area contributed by atoms with Crippen LogP contribution in [0, 0.1) is 6.92 Å². The van der Waals surface area contributed by atoms with Gasteiger partial charge in [-0.1, -0.05) is 18.2 Å². The fourth-order valence-corrected chi connectivity index (χ4v) is 3.06. The van der Waals surface area contributed by atoms with Crippen molar-refractivity contribution in [3.05, 3.63) is 54.1 Å². The van der Waals surface area contributed by atoms with Gasteiger partial charge in [-0.2, -0.15) is 0 Å². The Morgan fingerprint density at radius 3 is 2.22 bits per heavy atom. The Morgan fingerprint density at radius 1 is 1.00 bits per heavy atom. The lowest BCUT2D eigenvalue weighted by Crippen LogP contribution is -2.48. The number of para-hydroxylation sites is 1. The largest absolute Gasteiger partial charge is 0.497 e. The molecule has 1 saturated heterocycles. The predicted molar refractivity (Wildman–Crippen MR) is 116 cm³/mol. The summed E-state index contributed by atoms with van der Waals surface area (Å²) >= 11 is 0. The number of ether oxygens (including phenoxy) is 1. The molecule has 27 heavy (non-hydrogen) atoms. The molecule has 1 aliphatic rings. The summed E-state index contributed by atoms with van der Waals surface area (Å²) in [6.07, 6.45) is 0. The summed E-state index contributed by atoms with van der Waals surface area (Å²) in [5, 5.41) is 3.00. The van der Waals surface area contributed by atoms with Gasteiger partial charge in [-0.05, 0) is 42.8 Å². The van der Waals surface area contributed by atoms with Crippen LogP contribution in [0.2, 0.25) is 0 Å². The lowest BCUT2D eigenvalue weighted by molar-refractivity contribution is -0.117. The molecule has 2 aromatic rings. The molecule has 1 fully saturated rings. The van der Waals surface area contributed by atoms with Gasteiger partial charge in [0.1, 0.15) is 5.75 Å². The van der Waals surface area contributed by atoms with Gasteiger partial charge >= 0.3 is 0 Å². The molecule has 1 amide bonds. The highest BCUT2D eigenvalue weighted by Gasteiger charge is 2.19. The zero-order valence-corrected chi connectivity index (χ0v) is 17.3. The fourth-order valence-electron chi connectivity index (χ4n) is 3.06. The molecule has 1 heterocycles. The first-order valence-electron chi connectivity index (χ1n) is 8.62. The van der Waals surface area contributed by atoms with Crippen molar-refractivity contribution in [2.45, 2.75) is 6.92 Å². The van der Waals surface area contributed by atoms with E-state index in [9.17, 15) is 4.79 Å². The van der Waals surface area contributed by atoms with Crippen molar-refractivity contribution < 1.29 is 9.53 Å². The number of amides is 1. The fraction of sp³-hybridized carbons (Fsp3) is 0.350. The van der Waals surface area contributed by atoms with E-state index in [4.69, 9.17) is 4.74 Å². The number of aryl methyl sites for hydroxylation is 1. The quantitative estimate of drug-likeness (QED) is 0.815. The number of anilines is 2. The van der Waals surface area contributed by atoms with Gasteiger partial charge in [0.05, 0.1) is 13.7 Å². The highest BCUT2D eigenvalue weighted by Crippen LogP contribution is 2.20. The molecular weight excluding hydrogens is 385 g/mol. The number of piperazine rings is 1. The lowest BCUT2D eigenvalue weighted by Gasteiger charge is -2.35. The van der Waals surface area contributed by atoms with E-state index in [0.29, 0.717) is 6.54 Å². The Labute approximate surface area is 173 Å². The van der Waals surface area contributed by atoms with E-state index < -0.39 is 0 Å². The number of carbonyl (C=O) groups excluding carboxylic acids is 1. The van der Waals surface area contributed by atoms with Crippen LogP contribution in [0.5, 0.6) is 5.75 Å². The summed E-state index contributed by atoms with van der Waals surface area (Å²) in [4.78, 5) is 16.8. The minimum atomic E-state index is 0. The van der Waals surface area contributed by atoms with Crippen LogP contribution >= 0.6 is 24.8 Å². The molecule has 3 rings (SSSR count). The van der Waals surface area contributed by atoms with Gasteiger partial charge in [0.2, 0.25) is 5.91 Å². The van der Waals surface area contributed by atoms with Crippen LogP contribution in [0.25, 0.3) is 0 Å². The van der Waals surface area contributed by atoms with Crippen LogP contribution in [0.4, 0.5) is 11.4 Å². The molecule has 0 bridgehead atoms. The summed E-state index contributed by atoms with van der Waals surface area (Å²) in [6.45, 7) is 6.04. The zero-order chi connectivity index (χ0) is 17.6. The zero-order valence-electron chi connectivity index (χ0n) is 15.7. The molecule has 148 valence electrons. The summed E-state index contributed by atoms with van der Waals surface area (Å²) in [5.74, 6) is 0.919. The average Bonchev–Trinajstić information content (AvgIpc) is 2.64. The molecule has 5 nitrogen and oxygen atoms in total. The van der Waals surface area contributed by atoms with Crippen molar-refractivity contribution in [3.8, 4) is 5.75 Å². The standard InChI is InChI=1S/C20H25N3O2.2ClH/c1-16-5-3-4-6-19(16)21-20(24)15-22-11-13-23(14-12-22)17-7-9-18(25-2)10-8-17;;/h3-10H,11-15H2,1-2H3,(H,21,24);2*1H. The van der Waals surface area contributed by atoms with Crippen molar-refractivity contribution in [1.29, 1.82) is 0 Å². The maximum atomic E-state index is 12.3. The number of nitrogens with one attached hydrogen (secondary N) is 1. The van der Waals surface area contributed by atoms with Crippen molar-refractivity contribution in [2.24, 2.45) is 0 Å². The van der Waals surface area contributed by atoms with Crippen molar-refractivity contribution in [1.82, 2.24) is 4.90 Å². The number of methoxy groups -OCH3 is 1. The van der Waals surface area contributed by atoms with E-state index in [0.717, 1.165) is 43.2 Å². The highest BCUT2D eigenvalue weighted by atomic mass is 35.5. The Bertz CT molecular complexity index is 717. The van der Waals surface area contributed by atoms with Crippen molar-refractivity contribution in [3.63, 3.8) is 0 Å². The average molecular weight is 412 g/mol. The van der Waals surface area contributed by atoms with E-state index >= 15 is 0 Å². The Balaban J connectivity index is 0.00000182. The molecule has 0 saturated carbocycles. The topological polar surface area (TPSA) is 44.8 Å². The first-order chi connectivity index (χ1) is 12.2. The Kier molecular flexibility index (Phi) is 9.43. The third kappa shape index (κ3) is 6.31. The van der Waals surface area contributed by atoms with Crippen molar-refractivity contribution in [2.75, 3.05) is 50.1 Å². The van der Waals surface area contributed by atoms with Gasteiger partial charge in [0.25, 0.3) is 0 Å². The number of hydrogen-bond donors (Lipinski definition) is 1. The van der Waals surface area contributed by atoms with Crippen LogP contribution in [0.1, 0.15) is 5.56 Å². The summed E-state index contributed by atoms with van der Waals surface area (Å²) in [6, 6.07) is 16.0. The van der Waals surface area contributed by atoms with Crippen LogP contribution in [-0.4, -0.2) is 50.6 Å². The molecule has 0 aromatic heterocycles. The molecule has 0 radical (unpaired) electrons. The van der Waals surface area contributed by atoms with Gasteiger partial charge < -0.3 is 15.0 Å². The van der Waals surface area contributed by atoms with Gasteiger partial charge in [0, 0.05) is 37.6 Å². The van der Waals surface area contributed by atoms with Gasteiger partial charge in [-0.25, -0.2) is 0 Å². The summed E-state index contributed by atoms with van der Waals surface area (Å²) in [7, 11) is 1.68. The second-order valence-electron chi connectivity index (χ2n) is 6.32. The number of rotatable bonds is 5. The Hall–Kier alpha value is -1.95. The third-order valence-electron chi connectivity index (χ3n) is 4.60.